The van der Waals surface area contributed by atoms with E-state index in [4.69, 9.17) is 4.74 Å². The first-order chi connectivity index (χ1) is 16.0. The highest BCUT2D eigenvalue weighted by Gasteiger charge is 2.39. The summed E-state index contributed by atoms with van der Waals surface area (Å²) >= 11 is 0. The van der Waals surface area contributed by atoms with E-state index in [2.05, 4.69) is 15.2 Å². The van der Waals surface area contributed by atoms with Gasteiger partial charge in [-0.15, -0.1) is 0 Å². The van der Waals surface area contributed by atoms with Crippen LogP contribution in [0.5, 0.6) is 0 Å². The lowest BCUT2D eigenvalue weighted by molar-refractivity contribution is 0.00675. The van der Waals surface area contributed by atoms with Crippen molar-refractivity contribution in [1.82, 2.24) is 9.88 Å². The minimum Gasteiger partial charge on any atom is -0.456 e. The van der Waals surface area contributed by atoms with Crippen molar-refractivity contribution >= 4 is 32.4 Å². The molecule has 0 aliphatic carbocycles. The first-order valence-corrected chi connectivity index (χ1v) is 13.2. The monoisotopic (exact) mass is 481 g/mol. The third kappa shape index (κ3) is 3.60. The summed E-state index contributed by atoms with van der Waals surface area (Å²) in [6.45, 7) is 5.37. The van der Waals surface area contributed by atoms with E-state index in [-0.39, 0.29) is 21.4 Å². The second-order valence-electron chi connectivity index (χ2n) is 10.2. The molecule has 2 aliphatic rings. The highest BCUT2D eigenvalue weighted by Crippen LogP contribution is 2.44. The van der Waals surface area contributed by atoms with Crippen molar-refractivity contribution in [2.45, 2.75) is 67.5 Å². The first-order valence-electron chi connectivity index (χ1n) is 11.7. The van der Waals surface area contributed by atoms with Crippen LogP contribution in [0.1, 0.15) is 61.3 Å². The van der Waals surface area contributed by atoms with Crippen LogP contribution in [0.2, 0.25) is 0 Å². The number of nitrogens with zero attached hydrogens (tertiary/aromatic N) is 1. The molecule has 180 valence electrons. The molecule has 1 saturated heterocycles. The molecule has 34 heavy (non-hydrogen) atoms. The minimum atomic E-state index is -4.00. The molecule has 8 heteroatoms. The lowest BCUT2D eigenvalue weighted by Crippen LogP contribution is -2.32. The summed E-state index contributed by atoms with van der Waals surface area (Å²) in [6, 6.07) is 10.5. The van der Waals surface area contributed by atoms with Crippen LogP contribution in [0.25, 0.3) is 10.9 Å². The number of esters is 1. The number of anilines is 1. The molecule has 0 saturated carbocycles. The Hall–Kier alpha value is -2.84. The van der Waals surface area contributed by atoms with Gasteiger partial charge < -0.3 is 19.9 Å². The van der Waals surface area contributed by atoms with Crippen molar-refractivity contribution < 1.29 is 17.9 Å². The quantitative estimate of drug-likeness (QED) is 0.539. The van der Waals surface area contributed by atoms with Gasteiger partial charge in [-0.1, -0.05) is 6.07 Å². The number of aryl methyl sites for hydroxylation is 1. The number of nitrogens with one attached hydrogen (secondary N) is 2. The van der Waals surface area contributed by atoms with Crippen molar-refractivity contribution in [3.63, 3.8) is 0 Å². The average molecular weight is 482 g/mol. The molecule has 3 aromatic rings. The van der Waals surface area contributed by atoms with Crippen LogP contribution in [-0.4, -0.2) is 37.6 Å². The topological polar surface area (TPSA) is 89.4 Å². The van der Waals surface area contributed by atoms with Crippen molar-refractivity contribution in [3.05, 3.63) is 53.2 Å². The average Bonchev–Trinajstić information content (AvgIpc) is 3.30. The van der Waals surface area contributed by atoms with E-state index in [0.717, 1.165) is 36.0 Å². The Morgan fingerprint density at radius 2 is 1.94 bits per heavy atom. The van der Waals surface area contributed by atoms with Gasteiger partial charge in [-0.05, 0) is 69.5 Å². The first kappa shape index (κ1) is 22.9. The van der Waals surface area contributed by atoms with Crippen LogP contribution < -0.4 is 10.6 Å². The number of carbonyl (C=O) groups is 1. The molecule has 2 N–H and O–H groups in total. The minimum absolute atomic E-state index is 0.0176. The number of sulfone groups is 1. The Bertz CT molecular complexity index is 1420. The summed E-state index contributed by atoms with van der Waals surface area (Å²) in [7, 11) is -0.262. The predicted molar refractivity (Wildman–Crippen MR) is 132 cm³/mol. The zero-order chi connectivity index (χ0) is 24.4. The van der Waals surface area contributed by atoms with Gasteiger partial charge in [0.15, 0.2) is 0 Å². The van der Waals surface area contributed by atoms with Gasteiger partial charge in [-0.2, -0.15) is 0 Å². The number of rotatable bonds is 4. The molecule has 1 aromatic heterocycles. The Morgan fingerprint density at radius 1 is 1.18 bits per heavy atom. The van der Waals surface area contributed by atoms with Crippen molar-refractivity contribution in [3.8, 4) is 0 Å². The van der Waals surface area contributed by atoms with E-state index >= 15 is 0 Å². The van der Waals surface area contributed by atoms with Crippen LogP contribution in [0, 0.1) is 0 Å². The molecule has 0 amide bonds. The van der Waals surface area contributed by atoms with E-state index in [1.807, 2.05) is 13.1 Å². The van der Waals surface area contributed by atoms with Gasteiger partial charge in [-0.25, -0.2) is 13.2 Å². The Morgan fingerprint density at radius 3 is 2.65 bits per heavy atom. The third-order valence-corrected chi connectivity index (χ3v) is 8.64. The van der Waals surface area contributed by atoms with Crippen molar-refractivity contribution in [2.75, 3.05) is 12.4 Å². The molecule has 0 spiro atoms. The van der Waals surface area contributed by atoms with Crippen molar-refractivity contribution in [2.24, 2.45) is 7.05 Å². The molecule has 1 fully saturated rings. The van der Waals surface area contributed by atoms with Gasteiger partial charge in [-0.3, -0.25) is 0 Å². The van der Waals surface area contributed by atoms with Gasteiger partial charge in [0.25, 0.3) is 0 Å². The second-order valence-corrected chi connectivity index (χ2v) is 12.2. The zero-order valence-corrected chi connectivity index (χ0v) is 21.0. The number of ether oxygens (including phenoxy) is 1. The fourth-order valence-corrected chi connectivity index (χ4v) is 6.85. The molecular formula is C26H31N3O4S. The molecule has 7 nitrogen and oxygen atoms in total. The molecule has 2 aromatic carbocycles. The summed E-state index contributed by atoms with van der Waals surface area (Å²) < 4.78 is 35.7. The number of carbonyl (C=O) groups excluding carboxylic acids is 1. The SMILES string of the molecule is CNc1cccc(S(=O)(=O)c2ccc3c(c2C(=O)OC(C)(C)C)c2c(n3C)CC3CCC2N3)c1. The van der Waals surface area contributed by atoms with Gasteiger partial charge in [0.1, 0.15) is 5.60 Å². The lowest BCUT2D eigenvalue weighted by atomic mass is 9.96. The smallest absolute Gasteiger partial charge is 0.340 e. The number of benzene rings is 2. The van der Waals surface area contributed by atoms with Gasteiger partial charge in [0.05, 0.1) is 15.4 Å². The standard InChI is InChI=1S/C26H31N3O4S/c1-26(2,3)33-25(30)24-21(34(31,32)17-8-6-7-15(13-17)27-4)12-11-19-23(24)22-18-10-9-16(28-18)14-20(22)29(19)5/h6-8,11-13,16,18,27-28H,9-10,14H2,1-5H3. The van der Waals surface area contributed by atoms with E-state index in [9.17, 15) is 13.2 Å². The normalized spacial score (nSPS) is 19.8. The number of hydrogen-bond acceptors (Lipinski definition) is 6. The van der Waals surface area contributed by atoms with Crippen LogP contribution in [-0.2, 0) is 28.0 Å². The summed E-state index contributed by atoms with van der Waals surface area (Å²) in [5, 5.41) is 7.32. The fraction of sp³-hybridized carbons (Fsp3) is 0.423. The molecule has 3 heterocycles. The van der Waals surface area contributed by atoms with Crippen LogP contribution >= 0.6 is 0 Å². The summed E-state index contributed by atoms with van der Waals surface area (Å²) in [5.74, 6) is -0.616. The molecule has 2 aliphatic heterocycles. The van der Waals surface area contributed by atoms with Crippen molar-refractivity contribution in [1.29, 1.82) is 0 Å². The number of hydrogen-bond donors (Lipinski definition) is 2. The summed E-state index contributed by atoms with van der Waals surface area (Å²) in [5.41, 5.74) is 3.09. The maximum atomic E-state index is 13.9. The maximum absolute atomic E-state index is 13.9. The predicted octanol–water partition coefficient (Wildman–Crippen LogP) is 4.36. The van der Waals surface area contributed by atoms with E-state index in [0.29, 0.717) is 17.1 Å². The molecule has 2 bridgehead atoms. The van der Waals surface area contributed by atoms with E-state index in [1.165, 1.54) is 0 Å². The zero-order valence-electron chi connectivity index (χ0n) is 20.2. The van der Waals surface area contributed by atoms with Gasteiger partial charge >= 0.3 is 5.97 Å². The molecule has 5 rings (SSSR count). The Balaban J connectivity index is 1.82. The summed E-state index contributed by atoms with van der Waals surface area (Å²) in [6.07, 6.45) is 2.89. The highest BCUT2D eigenvalue weighted by molar-refractivity contribution is 7.91. The van der Waals surface area contributed by atoms with Gasteiger partial charge in [0, 0.05) is 54.9 Å². The Labute approximate surface area is 200 Å². The highest BCUT2D eigenvalue weighted by atomic mass is 32.2. The van der Waals surface area contributed by atoms with Crippen LogP contribution in [0.4, 0.5) is 5.69 Å². The molecule has 0 radical (unpaired) electrons. The van der Waals surface area contributed by atoms with E-state index in [1.54, 1.807) is 58.2 Å². The van der Waals surface area contributed by atoms with Crippen LogP contribution in [0.15, 0.2) is 46.2 Å². The number of fused-ring (bicyclic) bond motifs is 6. The largest absolute Gasteiger partial charge is 0.456 e. The fourth-order valence-electron chi connectivity index (χ4n) is 5.36. The maximum Gasteiger partial charge on any atom is 0.340 e. The molecular weight excluding hydrogens is 450 g/mol. The Kier molecular flexibility index (Phi) is 5.29. The van der Waals surface area contributed by atoms with E-state index < -0.39 is 21.4 Å². The third-order valence-electron chi connectivity index (χ3n) is 6.85. The second kappa shape index (κ2) is 7.85. The molecule has 2 atom stereocenters. The number of aromatic nitrogens is 1. The van der Waals surface area contributed by atoms with Crippen LogP contribution in [0.3, 0.4) is 0 Å². The van der Waals surface area contributed by atoms with Gasteiger partial charge in [0.2, 0.25) is 9.84 Å². The summed E-state index contributed by atoms with van der Waals surface area (Å²) in [4.78, 5) is 13.8. The molecule has 2 unspecified atom stereocenters. The lowest BCUT2D eigenvalue weighted by Gasteiger charge is -2.24.